The Hall–Kier alpha value is -2.42. The second-order valence-corrected chi connectivity index (χ2v) is 6.76. The maximum atomic E-state index is 5.77. The fraction of sp³-hybridized carbons (Fsp3) is 0.333. The van der Waals surface area contributed by atoms with Crippen molar-refractivity contribution in [2.75, 3.05) is 18.5 Å². The Morgan fingerprint density at radius 1 is 1.25 bits per heavy atom. The first-order valence-corrected chi connectivity index (χ1v) is 8.61. The highest BCUT2D eigenvalue weighted by molar-refractivity contribution is 5.57. The standard InChI is InChI=1S/C21H27N3/c1-16-7-4-5-8-20(16)15-24-12-6-9-19-13-18(10-11-21(19)24)14-23(3)17(2)22/h4-5,7-8,10-11,13H,2,6,9,12,14-15,22H2,1,3H3. The van der Waals surface area contributed by atoms with E-state index < -0.39 is 0 Å². The SMILES string of the molecule is C=C(N)N(C)Cc1ccc2c(c1)CCCN2Cc1ccccc1C. The summed E-state index contributed by atoms with van der Waals surface area (Å²) in [5.74, 6) is 0.605. The highest BCUT2D eigenvalue weighted by Crippen LogP contribution is 2.30. The van der Waals surface area contributed by atoms with Crippen LogP contribution in [-0.2, 0) is 19.5 Å². The van der Waals surface area contributed by atoms with Gasteiger partial charge in [0.2, 0.25) is 0 Å². The van der Waals surface area contributed by atoms with Crippen LogP contribution >= 0.6 is 0 Å². The van der Waals surface area contributed by atoms with E-state index in [0.717, 1.165) is 26.1 Å². The van der Waals surface area contributed by atoms with E-state index in [4.69, 9.17) is 5.73 Å². The average Bonchev–Trinajstić information content (AvgIpc) is 2.57. The number of fused-ring (bicyclic) bond motifs is 1. The van der Waals surface area contributed by atoms with Crippen LogP contribution in [0.5, 0.6) is 0 Å². The molecule has 0 saturated heterocycles. The number of rotatable bonds is 5. The number of hydrogen-bond donors (Lipinski definition) is 1. The molecule has 24 heavy (non-hydrogen) atoms. The zero-order valence-corrected chi connectivity index (χ0v) is 14.8. The van der Waals surface area contributed by atoms with Crippen molar-refractivity contribution in [1.82, 2.24) is 4.90 Å². The molecule has 0 amide bonds. The predicted molar refractivity (Wildman–Crippen MR) is 102 cm³/mol. The molecule has 126 valence electrons. The van der Waals surface area contributed by atoms with E-state index in [1.54, 1.807) is 0 Å². The number of hydrogen-bond acceptors (Lipinski definition) is 3. The highest BCUT2D eigenvalue weighted by Gasteiger charge is 2.18. The van der Waals surface area contributed by atoms with Gasteiger partial charge in [0, 0.05) is 32.4 Å². The first-order chi connectivity index (χ1) is 11.5. The zero-order chi connectivity index (χ0) is 17.1. The van der Waals surface area contributed by atoms with Crippen LogP contribution in [0.2, 0.25) is 0 Å². The molecule has 0 spiro atoms. The Labute approximate surface area is 145 Å². The fourth-order valence-electron chi connectivity index (χ4n) is 3.36. The van der Waals surface area contributed by atoms with Crippen LogP contribution < -0.4 is 10.6 Å². The van der Waals surface area contributed by atoms with Gasteiger partial charge in [-0.3, -0.25) is 0 Å². The molecule has 2 aromatic carbocycles. The number of anilines is 1. The van der Waals surface area contributed by atoms with Crippen LogP contribution in [0.15, 0.2) is 54.9 Å². The molecular weight excluding hydrogens is 294 g/mol. The summed E-state index contributed by atoms with van der Waals surface area (Å²) >= 11 is 0. The van der Waals surface area contributed by atoms with Crippen molar-refractivity contribution in [2.24, 2.45) is 5.73 Å². The average molecular weight is 321 g/mol. The maximum absolute atomic E-state index is 5.77. The lowest BCUT2D eigenvalue weighted by molar-refractivity contribution is 0.408. The van der Waals surface area contributed by atoms with Gasteiger partial charge in [-0.15, -0.1) is 0 Å². The highest BCUT2D eigenvalue weighted by atomic mass is 15.2. The number of nitrogens with zero attached hydrogens (tertiary/aromatic N) is 2. The topological polar surface area (TPSA) is 32.5 Å². The maximum Gasteiger partial charge on any atom is 0.0912 e. The van der Waals surface area contributed by atoms with Gasteiger partial charge in [0.1, 0.15) is 0 Å². The summed E-state index contributed by atoms with van der Waals surface area (Å²) in [6.07, 6.45) is 2.36. The summed E-state index contributed by atoms with van der Waals surface area (Å²) in [4.78, 5) is 4.49. The van der Waals surface area contributed by atoms with Crippen LogP contribution in [0.1, 0.15) is 28.7 Å². The Balaban J connectivity index is 1.81. The largest absolute Gasteiger partial charge is 0.386 e. The van der Waals surface area contributed by atoms with Gasteiger partial charge in [-0.1, -0.05) is 43.0 Å². The smallest absolute Gasteiger partial charge is 0.0912 e. The molecule has 0 aromatic heterocycles. The van der Waals surface area contributed by atoms with Gasteiger partial charge in [-0.05, 0) is 48.1 Å². The van der Waals surface area contributed by atoms with Gasteiger partial charge in [-0.25, -0.2) is 0 Å². The van der Waals surface area contributed by atoms with Gasteiger partial charge in [-0.2, -0.15) is 0 Å². The summed E-state index contributed by atoms with van der Waals surface area (Å²) in [7, 11) is 1.98. The van der Waals surface area contributed by atoms with E-state index in [9.17, 15) is 0 Å². The third-order valence-corrected chi connectivity index (χ3v) is 4.89. The Bertz CT molecular complexity index is 736. The summed E-state index contributed by atoms with van der Waals surface area (Å²) in [5, 5.41) is 0. The molecule has 2 N–H and O–H groups in total. The lowest BCUT2D eigenvalue weighted by Gasteiger charge is -2.32. The normalized spacial score (nSPS) is 13.5. The van der Waals surface area contributed by atoms with Crippen molar-refractivity contribution in [3.05, 3.63) is 77.1 Å². The van der Waals surface area contributed by atoms with Crippen molar-refractivity contribution in [1.29, 1.82) is 0 Å². The van der Waals surface area contributed by atoms with E-state index in [-0.39, 0.29) is 0 Å². The lowest BCUT2D eigenvalue weighted by Crippen LogP contribution is -2.29. The molecule has 0 radical (unpaired) electrons. The Morgan fingerprint density at radius 3 is 2.79 bits per heavy atom. The zero-order valence-electron chi connectivity index (χ0n) is 14.8. The minimum Gasteiger partial charge on any atom is -0.386 e. The third kappa shape index (κ3) is 3.56. The molecule has 3 nitrogen and oxygen atoms in total. The summed E-state index contributed by atoms with van der Waals surface area (Å²) in [6, 6.07) is 15.5. The van der Waals surface area contributed by atoms with Crippen molar-refractivity contribution in [3.8, 4) is 0 Å². The summed E-state index contributed by atoms with van der Waals surface area (Å²) in [5.41, 5.74) is 12.7. The first-order valence-electron chi connectivity index (χ1n) is 8.61. The van der Waals surface area contributed by atoms with Crippen molar-refractivity contribution in [3.63, 3.8) is 0 Å². The van der Waals surface area contributed by atoms with Crippen LogP contribution in [0.4, 0.5) is 5.69 Å². The van der Waals surface area contributed by atoms with E-state index >= 15 is 0 Å². The fourth-order valence-corrected chi connectivity index (χ4v) is 3.36. The molecule has 1 aliphatic heterocycles. The molecular formula is C21H27N3. The van der Waals surface area contributed by atoms with Gasteiger partial charge in [0.05, 0.1) is 5.82 Å². The van der Waals surface area contributed by atoms with E-state index in [0.29, 0.717) is 5.82 Å². The monoisotopic (exact) mass is 321 g/mol. The minimum absolute atomic E-state index is 0.605. The second kappa shape index (κ2) is 7.00. The van der Waals surface area contributed by atoms with Crippen LogP contribution in [0, 0.1) is 6.92 Å². The van der Waals surface area contributed by atoms with Gasteiger partial charge in [0.25, 0.3) is 0 Å². The second-order valence-electron chi connectivity index (χ2n) is 6.76. The number of aryl methyl sites for hydroxylation is 2. The molecule has 3 heteroatoms. The quantitative estimate of drug-likeness (QED) is 0.909. The number of benzene rings is 2. The van der Waals surface area contributed by atoms with Gasteiger partial charge >= 0.3 is 0 Å². The molecule has 0 saturated carbocycles. The van der Waals surface area contributed by atoms with Crippen LogP contribution in [0.25, 0.3) is 0 Å². The molecule has 0 fully saturated rings. The number of nitrogens with two attached hydrogens (primary N) is 1. The summed E-state index contributed by atoms with van der Waals surface area (Å²) in [6.45, 7) is 8.91. The molecule has 0 aliphatic carbocycles. The molecule has 1 aliphatic rings. The van der Waals surface area contributed by atoms with Gasteiger partial charge < -0.3 is 15.5 Å². The minimum atomic E-state index is 0.605. The van der Waals surface area contributed by atoms with Crippen LogP contribution in [-0.4, -0.2) is 18.5 Å². The molecule has 0 bridgehead atoms. The molecule has 1 heterocycles. The Kier molecular flexibility index (Phi) is 4.79. The van der Waals surface area contributed by atoms with Crippen molar-refractivity contribution < 1.29 is 0 Å². The first kappa shape index (κ1) is 16.4. The van der Waals surface area contributed by atoms with E-state index in [1.807, 2.05) is 11.9 Å². The van der Waals surface area contributed by atoms with Crippen molar-refractivity contribution >= 4 is 5.69 Å². The molecule has 2 aromatic rings. The summed E-state index contributed by atoms with van der Waals surface area (Å²) < 4.78 is 0. The van der Waals surface area contributed by atoms with E-state index in [1.165, 1.54) is 34.4 Å². The third-order valence-electron chi connectivity index (χ3n) is 4.89. The van der Waals surface area contributed by atoms with Crippen molar-refractivity contribution in [2.45, 2.75) is 32.9 Å². The lowest BCUT2D eigenvalue weighted by atomic mass is 9.98. The van der Waals surface area contributed by atoms with E-state index in [2.05, 4.69) is 60.9 Å². The molecule has 3 rings (SSSR count). The molecule has 0 atom stereocenters. The Morgan fingerprint density at radius 2 is 2.04 bits per heavy atom. The van der Waals surface area contributed by atoms with Gasteiger partial charge in [0.15, 0.2) is 0 Å². The van der Waals surface area contributed by atoms with Crippen LogP contribution in [0.3, 0.4) is 0 Å². The molecule has 0 unspecified atom stereocenters. The predicted octanol–water partition coefficient (Wildman–Crippen LogP) is 3.81.